The zero-order valence-electron chi connectivity index (χ0n) is 12.8. The molecule has 1 rings (SSSR count). The van der Waals surface area contributed by atoms with E-state index in [0.29, 0.717) is 0 Å². The fraction of sp³-hybridized carbons (Fsp3) is 0.667. The number of hydrogen-bond donors (Lipinski definition) is 2. The number of ether oxygens (including phenoxy) is 1. The van der Waals surface area contributed by atoms with E-state index in [2.05, 4.69) is 9.89 Å². The van der Waals surface area contributed by atoms with Crippen LogP contribution in [0.15, 0.2) is 16.6 Å². The molecule has 0 saturated heterocycles. The maximum Gasteiger partial charge on any atom is 0.433 e. The Morgan fingerprint density at radius 2 is 1.96 bits per heavy atom. The van der Waals surface area contributed by atoms with Crippen molar-refractivity contribution >= 4 is 22.5 Å². The number of thioether (sulfide) groups is 1. The summed E-state index contributed by atoms with van der Waals surface area (Å²) >= 11 is 0.228. The van der Waals surface area contributed by atoms with Crippen molar-refractivity contribution in [3.8, 4) is 0 Å². The molecule has 0 aromatic carbocycles. The van der Waals surface area contributed by atoms with E-state index < -0.39 is 41.1 Å². The Balaban J connectivity index is 3.13. The maximum atomic E-state index is 14.4. The van der Waals surface area contributed by atoms with Gasteiger partial charge in [0.25, 0.3) is 0 Å². The third kappa shape index (κ3) is 5.49. The van der Waals surface area contributed by atoms with Gasteiger partial charge >= 0.3 is 12.8 Å². The number of nitrogens with one attached hydrogen (secondary N) is 2. The van der Waals surface area contributed by atoms with Gasteiger partial charge in [0.15, 0.2) is 5.50 Å². The molecule has 0 bridgehead atoms. The van der Waals surface area contributed by atoms with Crippen LogP contribution < -0.4 is 5.32 Å². The van der Waals surface area contributed by atoms with Gasteiger partial charge in [0, 0.05) is 13.5 Å². The molecule has 24 heavy (non-hydrogen) atoms. The minimum Gasteiger partial charge on any atom is -0.419 e. The quantitative estimate of drug-likeness (QED) is 0.419. The van der Waals surface area contributed by atoms with Crippen molar-refractivity contribution in [1.29, 1.82) is 5.41 Å². The van der Waals surface area contributed by atoms with Gasteiger partial charge < -0.3 is 14.9 Å². The van der Waals surface area contributed by atoms with Crippen molar-refractivity contribution < 1.29 is 35.9 Å². The van der Waals surface area contributed by atoms with Crippen LogP contribution in [0.5, 0.6) is 0 Å². The molecule has 1 aliphatic heterocycles. The summed E-state index contributed by atoms with van der Waals surface area (Å²) in [4.78, 5) is 4.95. The molecule has 12 heteroatoms. The monoisotopic (exact) mass is 379 g/mol. The Hall–Kier alpha value is -1.59. The van der Waals surface area contributed by atoms with Crippen LogP contribution in [-0.2, 0) is 9.57 Å². The molecule has 1 atom stereocenters. The first kappa shape index (κ1) is 20.5. The second-order valence-corrected chi connectivity index (χ2v) is 6.31. The van der Waals surface area contributed by atoms with E-state index in [1.54, 1.807) is 13.8 Å². The van der Waals surface area contributed by atoms with Crippen LogP contribution in [0, 0.1) is 5.41 Å². The lowest BCUT2D eigenvalue weighted by Gasteiger charge is -2.20. The first-order valence-electron chi connectivity index (χ1n) is 6.46. The third-order valence-electron chi connectivity index (χ3n) is 2.67. The summed E-state index contributed by atoms with van der Waals surface area (Å²) in [6, 6.07) is 0. The first-order chi connectivity index (χ1) is 10.9. The number of oxime groups is 1. The highest BCUT2D eigenvalue weighted by Crippen LogP contribution is 2.36. The number of hydrogen-bond acceptors (Lipinski definition) is 6. The molecule has 0 spiro atoms. The minimum atomic E-state index is -5.25. The van der Waals surface area contributed by atoms with Crippen LogP contribution >= 0.6 is 11.8 Å². The molecule has 0 aliphatic carbocycles. The zero-order chi connectivity index (χ0) is 18.7. The van der Waals surface area contributed by atoms with Crippen LogP contribution in [0.25, 0.3) is 0 Å². The second kappa shape index (κ2) is 7.53. The number of alkyl halides is 6. The molecule has 0 aromatic rings. The Kier molecular flexibility index (Phi) is 6.42. The predicted molar refractivity (Wildman–Crippen MR) is 76.7 cm³/mol. The van der Waals surface area contributed by atoms with Crippen molar-refractivity contribution in [2.24, 2.45) is 5.16 Å². The molecule has 5 nitrogen and oxygen atoms in total. The molecule has 0 fully saturated rings. The molecular formula is C12H15F6N3O2S. The van der Waals surface area contributed by atoms with Gasteiger partial charge in [-0.15, -0.1) is 0 Å². The first-order valence-corrected chi connectivity index (χ1v) is 7.34. The highest BCUT2D eigenvalue weighted by molar-refractivity contribution is 8.14. The molecule has 0 aromatic heterocycles. The third-order valence-corrected chi connectivity index (χ3v) is 3.60. The lowest BCUT2D eigenvalue weighted by atomic mass is 10.1. The van der Waals surface area contributed by atoms with Gasteiger partial charge in [0.1, 0.15) is 16.4 Å². The Labute approximate surface area is 137 Å². The predicted octanol–water partition coefficient (Wildman–Crippen LogP) is 3.78. The molecule has 138 valence electrons. The van der Waals surface area contributed by atoms with E-state index in [9.17, 15) is 26.3 Å². The summed E-state index contributed by atoms with van der Waals surface area (Å²) in [5.41, 5.74) is -6.79. The average Bonchev–Trinajstić information content (AvgIpc) is 2.75. The van der Waals surface area contributed by atoms with Gasteiger partial charge in [-0.25, -0.2) is 4.39 Å². The van der Waals surface area contributed by atoms with E-state index in [1.807, 2.05) is 5.32 Å². The largest absolute Gasteiger partial charge is 0.433 e. The summed E-state index contributed by atoms with van der Waals surface area (Å²) in [7, 11) is 0.970. The van der Waals surface area contributed by atoms with E-state index in [4.69, 9.17) is 10.2 Å². The van der Waals surface area contributed by atoms with Gasteiger partial charge in [0.05, 0.1) is 5.57 Å². The summed E-state index contributed by atoms with van der Waals surface area (Å²) in [5.74, 6) is -1.17. The molecule has 1 aliphatic rings. The summed E-state index contributed by atoms with van der Waals surface area (Å²) in [6.07, 6.45) is -5.13. The fourth-order valence-corrected chi connectivity index (χ4v) is 2.77. The lowest BCUT2D eigenvalue weighted by Crippen LogP contribution is -2.32. The van der Waals surface area contributed by atoms with Gasteiger partial charge in [-0.2, -0.15) is 22.0 Å². The lowest BCUT2D eigenvalue weighted by molar-refractivity contribution is -0.102. The smallest absolute Gasteiger partial charge is 0.419 e. The highest BCUT2D eigenvalue weighted by atomic mass is 32.2. The van der Waals surface area contributed by atoms with E-state index in [1.165, 1.54) is 0 Å². The van der Waals surface area contributed by atoms with E-state index in [-0.39, 0.29) is 23.2 Å². The molecular weight excluding hydrogens is 364 g/mol. The van der Waals surface area contributed by atoms with Gasteiger partial charge in [0.2, 0.25) is 5.88 Å². The highest BCUT2D eigenvalue weighted by Gasteiger charge is 2.43. The molecule has 0 radical (unpaired) electrons. The minimum absolute atomic E-state index is 0.0347. The SMILES string of the molecule is CN/C(OC(F)F)=C(\C(=N)C(F)(F)F)C(F)SC1=NOC(C)(C)C1. The number of halogens is 6. The van der Waals surface area contributed by atoms with Gasteiger partial charge in [-0.1, -0.05) is 16.9 Å². The van der Waals surface area contributed by atoms with Crippen molar-refractivity contribution in [2.45, 2.75) is 44.2 Å². The van der Waals surface area contributed by atoms with Gasteiger partial charge in [-0.05, 0) is 13.8 Å². The normalized spacial score (nSPS) is 19.3. The summed E-state index contributed by atoms with van der Waals surface area (Å²) in [6.45, 7) is -0.234. The Morgan fingerprint density at radius 1 is 1.38 bits per heavy atom. The fourth-order valence-electron chi connectivity index (χ4n) is 1.67. The average molecular weight is 379 g/mol. The van der Waals surface area contributed by atoms with Crippen LogP contribution in [0.2, 0.25) is 0 Å². The van der Waals surface area contributed by atoms with E-state index in [0.717, 1.165) is 7.05 Å². The van der Waals surface area contributed by atoms with Crippen LogP contribution in [0.3, 0.4) is 0 Å². The molecule has 2 N–H and O–H groups in total. The van der Waals surface area contributed by atoms with Crippen LogP contribution in [-0.4, -0.2) is 41.7 Å². The summed E-state index contributed by atoms with van der Waals surface area (Å²) < 4.78 is 81.3. The van der Waals surface area contributed by atoms with Crippen molar-refractivity contribution in [3.63, 3.8) is 0 Å². The standard InChI is InChI=1S/C12H15F6N3O2S/c1-11(2)4-5(21-23-11)24-8(13)6(7(19)12(16,17)18)9(20-3)22-10(14)15/h8,10,19-20H,4H2,1-3H3/b9-6-,19-7?. The molecule has 1 unspecified atom stereocenters. The Morgan fingerprint density at radius 3 is 2.33 bits per heavy atom. The second-order valence-electron chi connectivity index (χ2n) is 5.19. The zero-order valence-corrected chi connectivity index (χ0v) is 13.6. The Bertz CT molecular complexity index is 547. The molecule has 1 heterocycles. The topological polar surface area (TPSA) is 66.7 Å². The maximum absolute atomic E-state index is 14.4. The van der Waals surface area contributed by atoms with Crippen molar-refractivity contribution in [1.82, 2.24) is 5.32 Å². The molecule has 0 saturated carbocycles. The van der Waals surface area contributed by atoms with E-state index >= 15 is 0 Å². The van der Waals surface area contributed by atoms with Gasteiger partial charge in [-0.3, -0.25) is 5.41 Å². The van der Waals surface area contributed by atoms with Crippen LogP contribution in [0.4, 0.5) is 26.3 Å². The van der Waals surface area contributed by atoms with Crippen molar-refractivity contribution in [3.05, 3.63) is 11.5 Å². The summed E-state index contributed by atoms with van der Waals surface area (Å²) in [5, 5.41) is 12.6. The molecule has 0 amide bonds. The number of rotatable bonds is 6. The van der Waals surface area contributed by atoms with Crippen LogP contribution in [0.1, 0.15) is 20.3 Å². The van der Waals surface area contributed by atoms with Crippen molar-refractivity contribution in [2.75, 3.05) is 7.05 Å². The number of nitrogens with zero attached hydrogens (tertiary/aromatic N) is 1.